The number of nitrogens with zero attached hydrogens (tertiary/aromatic N) is 2. The molecule has 6 fully saturated rings. The van der Waals surface area contributed by atoms with Gasteiger partial charge in [0.2, 0.25) is 16.4 Å². The third-order valence-corrected chi connectivity index (χ3v) is 10.7. The molecule has 214 valence electrons. The number of benzene rings is 1. The van der Waals surface area contributed by atoms with Crippen molar-refractivity contribution in [1.82, 2.24) is 9.21 Å². The highest BCUT2D eigenvalue weighted by Gasteiger charge is 2.71. The van der Waals surface area contributed by atoms with Gasteiger partial charge < -0.3 is 19.5 Å². The Morgan fingerprint density at radius 1 is 1.11 bits per heavy atom. The SMILES string of the molecule is C1CC1.CCC1(O)CC2N(C=O)C3CCC32C1.COC1CC1.O=S(=O)(c1ccc(Cl)cc1)N1CCOCC1. The summed E-state index contributed by atoms with van der Waals surface area (Å²) in [5.41, 5.74) is -0.160. The summed E-state index contributed by atoms with van der Waals surface area (Å²) < 4.78 is 35.7. The first-order valence-corrected chi connectivity index (χ1v) is 15.8. The first kappa shape index (κ1) is 29.7. The number of hydrogen-bond acceptors (Lipinski definition) is 6. The van der Waals surface area contributed by atoms with Gasteiger partial charge in [-0.15, -0.1) is 0 Å². The fraction of sp³-hybridized carbons (Fsp3) is 0.750. The van der Waals surface area contributed by atoms with E-state index in [0.29, 0.717) is 54.9 Å². The van der Waals surface area contributed by atoms with Crippen LogP contribution in [-0.2, 0) is 24.3 Å². The van der Waals surface area contributed by atoms with Crippen LogP contribution in [0.2, 0.25) is 5.02 Å². The van der Waals surface area contributed by atoms with Gasteiger partial charge >= 0.3 is 0 Å². The molecular formula is C28H43ClN2O6S. The van der Waals surface area contributed by atoms with Crippen LogP contribution >= 0.6 is 11.6 Å². The normalized spacial score (nSPS) is 32.8. The fourth-order valence-electron chi connectivity index (χ4n) is 5.85. The van der Waals surface area contributed by atoms with Crippen molar-refractivity contribution in [3.05, 3.63) is 29.3 Å². The van der Waals surface area contributed by atoms with E-state index in [9.17, 15) is 18.3 Å². The molecule has 1 aromatic carbocycles. The van der Waals surface area contributed by atoms with Gasteiger partial charge in [0.1, 0.15) is 0 Å². The third-order valence-electron chi connectivity index (χ3n) is 8.57. The summed E-state index contributed by atoms with van der Waals surface area (Å²) in [4.78, 5) is 13.1. The Hall–Kier alpha value is -1.23. The van der Waals surface area contributed by atoms with E-state index >= 15 is 0 Å². The summed E-state index contributed by atoms with van der Waals surface area (Å²) in [6.45, 7) is 3.76. The van der Waals surface area contributed by atoms with Crippen molar-refractivity contribution in [1.29, 1.82) is 0 Å². The van der Waals surface area contributed by atoms with Gasteiger partial charge in [0.25, 0.3) is 0 Å². The molecule has 4 saturated carbocycles. The van der Waals surface area contributed by atoms with Crippen molar-refractivity contribution in [3.8, 4) is 0 Å². The minimum atomic E-state index is -3.38. The highest BCUT2D eigenvalue weighted by Crippen LogP contribution is 2.67. The second kappa shape index (κ2) is 12.5. The molecule has 0 radical (unpaired) electrons. The van der Waals surface area contributed by atoms with Gasteiger partial charge in [0, 0.05) is 42.7 Å². The standard InChI is InChI=1S/C11H17NO2.C10H12ClNO3S.C4H8O.C3H6/c1-2-10(14)5-9-11(6-10)4-3-8(11)12(9)7-13;11-9-1-3-10(4-2-9)16(13,14)12-5-7-15-8-6-12;1-5-4-2-3-4;1-2-3-1/h7-9,14H,2-6H2,1H3;1-4H,5-8H2;4H,2-3H2,1H3;1-3H2. The first-order chi connectivity index (χ1) is 18.2. The van der Waals surface area contributed by atoms with E-state index in [1.165, 1.54) is 55.0 Å². The molecular weight excluding hydrogens is 528 g/mol. The molecule has 1 aromatic rings. The summed E-state index contributed by atoms with van der Waals surface area (Å²) in [7, 11) is -1.62. The van der Waals surface area contributed by atoms with E-state index in [-0.39, 0.29) is 4.90 Å². The Balaban J connectivity index is 0.000000137. The number of likely N-dealkylation sites (tertiary alicyclic amines) is 1. The van der Waals surface area contributed by atoms with E-state index in [4.69, 9.17) is 21.1 Å². The smallest absolute Gasteiger partial charge is 0.243 e. The third kappa shape index (κ3) is 6.73. The quantitative estimate of drug-likeness (QED) is 0.532. The van der Waals surface area contributed by atoms with E-state index in [1.807, 2.05) is 11.8 Å². The van der Waals surface area contributed by atoms with Crippen LogP contribution in [0, 0.1) is 5.41 Å². The largest absolute Gasteiger partial charge is 0.390 e. The molecule has 38 heavy (non-hydrogen) atoms. The molecule has 4 atom stereocenters. The van der Waals surface area contributed by atoms with Gasteiger partial charge in [-0.05, 0) is 69.2 Å². The highest BCUT2D eigenvalue weighted by atomic mass is 35.5. The summed E-state index contributed by atoms with van der Waals surface area (Å²) in [5.74, 6) is 0. The number of carbonyl (C=O) groups is 1. The zero-order chi connectivity index (χ0) is 27.4. The predicted octanol–water partition coefficient (Wildman–Crippen LogP) is 4.24. The predicted molar refractivity (Wildman–Crippen MR) is 147 cm³/mol. The van der Waals surface area contributed by atoms with Crippen molar-refractivity contribution >= 4 is 28.0 Å². The Morgan fingerprint density at radius 2 is 1.74 bits per heavy atom. The lowest BCUT2D eigenvalue weighted by atomic mass is 9.53. The van der Waals surface area contributed by atoms with Crippen LogP contribution in [0.15, 0.2) is 29.2 Å². The topological polar surface area (TPSA) is 96.4 Å². The Labute approximate surface area is 232 Å². The number of halogens is 1. The maximum Gasteiger partial charge on any atom is 0.243 e. The Morgan fingerprint density at radius 3 is 2.16 bits per heavy atom. The van der Waals surface area contributed by atoms with E-state index in [0.717, 1.165) is 32.1 Å². The maximum absolute atomic E-state index is 12.1. The molecule has 10 heteroatoms. The number of methoxy groups -OCH3 is 1. The average Bonchev–Trinajstić information content (AvgIpc) is 3.84. The minimum Gasteiger partial charge on any atom is -0.390 e. The second-order valence-corrected chi connectivity index (χ2v) is 13.7. The van der Waals surface area contributed by atoms with Crippen LogP contribution in [-0.4, -0.2) is 86.3 Å². The van der Waals surface area contributed by atoms with Crippen molar-refractivity contribution < 1.29 is 27.8 Å². The number of amides is 1. The molecule has 0 bridgehead atoms. The molecule has 6 aliphatic rings. The highest BCUT2D eigenvalue weighted by molar-refractivity contribution is 7.89. The Bertz CT molecular complexity index is 1030. The number of sulfonamides is 1. The van der Waals surface area contributed by atoms with E-state index < -0.39 is 15.6 Å². The van der Waals surface area contributed by atoms with Gasteiger partial charge in [-0.3, -0.25) is 4.79 Å². The second-order valence-electron chi connectivity index (χ2n) is 11.3. The lowest BCUT2D eigenvalue weighted by Gasteiger charge is -2.67. The number of morpholine rings is 1. The van der Waals surface area contributed by atoms with E-state index in [1.54, 1.807) is 19.2 Å². The van der Waals surface area contributed by atoms with Crippen LogP contribution in [0.5, 0.6) is 0 Å². The summed E-state index contributed by atoms with van der Waals surface area (Å²) in [5, 5.41) is 10.8. The van der Waals surface area contributed by atoms with Crippen LogP contribution in [0.1, 0.15) is 71.1 Å². The minimum absolute atomic E-state index is 0.277. The maximum atomic E-state index is 12.1. The number of rotatable bonds is 5. The zero-order valence-corrected chi connectivity index (χ0v) is 24.3. The molecule has 2 heterocycles. The lowest BCUT2D eigenvalue weighted by Crippen LogP contribution is -2.74. The summed E-state index contributed by atoms with van der Waals surface area (Å²) in [6, 6.07) is 7.01. The number of hydrogen-bond donors (Lipinski definition) is 1. The molecule has 2 aliphatic heterocycles. The van der Waals surface area contributed by atoms with Crippen molar-refractivity contribution in [2.24, 2.45) is 5.41 Å². The summed E-state index contributed by atoms with van der Waals surface area (Å²) >= 11 is 5.72. The molecule has 4 aliphatic carbocycles. The average molecular weight is 571 g/mol. The molecule has 4 unspecified atom stereocenters. The molecule has 8 nitrogen and oxygen atoms in total. The molecule has 7 rings (SSSR count). The van der Waals surface area contributed by atoms with Gasteiger partial charge in [0.15, 0.2) is 0 Å². The molecule has 1 N–H and O–H groups in total. The first-order valence-electron chi connectivity index (χ1n) is 14.0. The van der Waals surface area contributed by atoms with Crippen LogP contribution in [0.4, 0.5) is 0 Å². The number of ether oxygens (including phenoxy) is 2. The number of aliphatic hydroxyl groups is 1. The van der Waals surface area contributed by atoms with Gasteiger partial charge in [-0.1, -0.05) is 37.8 Å². The van der Waals surface area contributed by atoms with Crippen molar-refractivity contribution in [2.75, 3.05) is 33.4 Å². The van der Waals surface area contributed by atoms with Crippen molar-refractivity contribution in [3.63, 3.8) is 0 Å². The molecule has 1 amide bonds. The van der Waals surface area contributed by atoms with E-state index in [2.05, 4.69) is 0 Å². The zero-order valence-electron chi connectivity index (χ0n) is 22.7. The lowest BCUT2D eigenvalue weighted by molar-refractivity contribution is -0.188. The summed E-state index contributed by atoms with van der Waals surface area (Å²) in [6.07, 6.45) is 13.6. The molecule has 2 saturated heterocycles. The van der Waals surface area contributed by atoms with Crippen LogP contribution in [0.25, 0.3) is 0 Å². The van der Waals surface area contributed by atoms with Crippen molar-refractivity contribution in [2.45, 2.75) is 99.8 Å². The number of carbonyl (C=O) groups excluding carboxylic acids is 1. The van der Waals surface area contributed by atoms with Crippen LogP contribution < -0.4 is 0 Å². The van der Waals surface area contributed by atoms with Crippen LogP contribution in [0.3, 0.4) is 0 Å². The van der Waals surface area contributed by atoms with Gasteiger partial charge in [-0.2, -0.15) is 4.31 Å². The van der Waals surface area contributed by atoms with Gasteiger partial charge in [-0.25, -0.2) is 8.42 Å². The monoisotopic (exact) mass is 570 g/mol. The Kier molecular flexibility index (Phi) is 9.80. The molecule has 0 aromatic heterocycles. The fourth-order valence-corrected chi connectivity index (χ4v) is 7.38. The number of piperidine rings is 1. The van der Waals surface area contributed by atoms with Gasteiger partial charge in [0.05, 0.1) is 29.8 Å². The molecule has 1 spiro atoms.